The predicted molar refractivity (Wildman–Crippen MR) is 109 cm³/mol. The summed E-state index contributed by atoms with van der Waals surface area (Å²) < 4.78 is 24.6. The van der Waals surface area contributed by atoms with Crippen LogP contribution < -0.4 is 0 Å². The molecule has 29 heavy (non-hydrogen) atoms. The van der Waals surface area contributed by atoms with E-state index in [1.807, 2.05) is 9.80 Å². The minimum absolute atomic E-state index is 0.0337. The molecule has 0 bridgehead atoms. The lowest BCUT2D eigenvalue weighted by Gasteiger charge is -2.41. The molecule has 156 valence electrons. The van der Waals surface area contributed by atoms with Crippen LogP contribution in [0.2, 0.25) is 5.02 Å². The molecule has 2 aliphatic heterocycles. The Bertz CT molecular complexity index is 1000. The van der Waals surface area contributed by atoms with E-state index in [9.17, 15) is 13.2 Å². The third kappa shape index (κ3) is 3.73. The molecule has 3 heterocycles. The Morgan fingerprint density at radius 3 is 2.55 bits per heavy atom. The second kappa shape index (κ2) is 7.60. The highest BCUT2D eigenvalue weighted by Gasteiger charge is 2.38. The van der Waals surface area contributed by atoms with Crippen LogP contribution in [0.1, 0.15) is 43.4 Å². The van der Waals surface area contributed by atoms with Crippen molar-refractivity contribution in [2.24, 2.45) is 0 Å². The molecule has 4 rings (SSSR count). The van der Waals surface area contributed by atoms with Gasteiger partial charge >= 0.3 is 6.03 Å². The normalized spacial score (nSPS) is 20.3. The fourth-order valence-corrected chi connectivity index (χ4v) is 5.39. The number of nitrogens with one attached hydrogen (secondary N) is 1. The maximum absolute atomic E-state index is 12.8. The second-order valence-corrected chi connectivity index (χ2v) is 10.9. The van der Waals surface area contributed by atoms with Gasteiger partial charge in [-0.2, -0.15) is 0 Å². The number of rotatable bonds is 4. The quantitative estimate of drug-likeness (QED) is 0.792. The summed E-state index contributed by atoms with van der Waals surface area (Å²) in [5, 5.41) is 10.4. The van der Waals surface area contributed by atoms with E-state index < -0.39 is 15.1 Å². The number of nitrogens with zero attached hydrogens (tertiary/aromatic N) is 4. The fourth-order valence-electron chi connectivity index (χ4n) is 3.91. The van der Waals surface area contributed by atoms with Crippen molar-refractivity contribution in [1.82, 2.24) is 25.2 Å². The number of H-pyrrole nitrogens is 1. The second-order valence-electron chi connectivity index (χ2n) is 8.00. The Balaban J connectivity index is 1.37. The van der Waals surface area contributed by atoms with E-state index in [0.717, 1.165) is 17.7 Å². The van der Waals surface area contributed by atoms with Crippen molar-refractivity contribution < 1.29 is 13.2 Å². The maximum atomic E-state index is 12.8. The van der Waals surface area contributed by atoms with Crippen LogP contribution in [-0.2, 0) is 9.84 Å². The van der Waals surface area contributed by atoms with E-state index in [1.54, 1.807) is 32.2 Å². The van der Waals surface area contributed by atoms with E-state index in [1.165, 1.54) is 6.07 Å². The smallest absolute Gasteiger partial charge is 0.320 e. The van der Waals surface area contributed by atoms with Crippen molar-refractivity contribution in [1.29, 1.82) is 0 Å². The van der Waals surface area contributed by atoms with Crippen LogP contribution in [0.15, 0.2) is 29.3 Å². The SMILES string of the molecule is CC(C)S(=O)(=O)c1ccc(C2CN(C(=O)N3CC[C@H](c4cnn[nH]4)C3)C2)c(Cl)c1. The average Bonchev–Trinajstić information content (AvgIpc) is 3.32. The minimum Gasteiger partial charge on any atom is -0.324 e. The molecular formula is C19H24ClN5O3S. The molecule has 2 aliphatic rings. The fraction of sp³-hybridized carbons (Fsp3) is 0.526. The predicted octanol–water partition coefficient (Wildman–Crippen LogP) is 2.65. The van der Waals surface area contributed by atoms with E-state index in [2.05, 4.69) is 15.4 Å². The van der Waals surface area contributed by atoms with Crippen LogP contribution in [0.5, 0.6) is 0 Å². The van der Waals surface area contributed by atoms with E-state index >= 15 is 0 Å². The summed E-state index contributed by atoms with van der Waals surface area (Å²) in [7, 11) is -3.36. The Hall–Kier alpha value is -2.13. The lowest BCUT2D eigenvalue weighted by Crippen LogP contribution is -2.53. The van der Waals surface area contributed by atoms with Crippen LogP contribution in [0.25, 0.3) is 0 Å². The number of halogens is 1. The molecule has 0 unspecified atom stereocenters. The van der Waals surface area contributed by atoms with Gasteiger partial charge in [0, 0.05) is 43.0 Å². The molecule has 0 spiro atoms. The first kappa shape index (κ1) is 20.2. The number of amides is 2. The summed E-state index contributed by atoms with van der Waals surface area (Å²) in [4.78, 5) is 16.7. The van der Waals surface area contributed by atoms with Crippen LogP contribution >= 0.6 is 11.6 Å². The molecule has 2 fully saturated rings. The van der Waals surface area contributed by atoms with Crippen molar-refractivity contribution in [2.75, 3.05) is 26.2 Å². The number of aromatic nitrogens is 3. The summed E-state index contributed by atoms with van der Waals surface area (Å²) in [5.74, 6) is 0.369. The van der Waals surface area contributed by atoms with Gasteiger partial charge in [0.15, 0.2) is 9.84 Å². The van der Waals surface area contributed by atoms with Crippen LogP contribution in [-0.4, -0.2) is 71.1 Å². The molecule has 1 aromatic carbocycles. The molecular weight excluding hydrogens is 414 g/mol. The largest absolute Gasteiger partial charge is 0.324 e. The Kier molecular flexibility index (Phi) is 5.29. The zero-order chi connectivity index (χ0) is 20.8. The van der Waals surface area contributed by atoms with Crippen LogP contribution in [0.4, 0.5) is 4.79 Å². The monoisotopic (exact) mass is 437 g/mol. The van der Waals surface area contributed by atoms with Gasteiger partial charge in [0.25, 0.3) is 0 Å². The lowest BCUT2D eigenvalue weighted by molar-refractivity contribution is 0.121. The number of carbonyl (C=O) groups is 1. The van der Waals surface area contributed by atoms with Crippen LogP contribution in [0.3, 0.4) is 0 Å². The van der Waals surface area contributed by atoms with Crippen molar-refractivity contribution in [2.45, 2.75) is 42.2 Å². The molecule has 0 saturated carbocycles. The lowest BCUT2D eigenvalue weighted by atomic mass is 9.92. The van der Waals surface area contributed by atoms with Gasteiger partial charge in [0.1, 0.15) is 0 Å². The molecule has 10 heteroatoms. The van der Waals surface area contributed by atoms with Gasteiger partial charge in [0.2, 0.25) is 0 Å². The number of hydrogen-bond acceptors (Lipinski definition) is 5. The number of aromatic amines is 1. The zero-order valence-corrected chi connectivity index (χ0v) is 17.9. The number of hydrogen-bond donors (Lipinski definition) is 1. The molecule has 1 aromatic heterocycles. The summed E-state index contributed by atoms with van der Waals surface area (Å²) >= 11 is 6.38. The summed E-state index contributed by atoms with van der Waals surface area (Å²) in [6, 6.07) is 4.96. The Morgan fingerprint density at radius 2 is 1.93 bits per heavy atom. The van der Waals surface area contributed by atoms with Crippen LogP contribution in [0, 0.1) is 0 Å². The van der Waals surface area contributed by atoms with Gasteiger partial charge in [-0.15, -0.1) is 5.10 Å². The summed E-state index contributed by atoms with van der Waals surface area (Å²) in [6.07, 6.45) is 2.61. The number of likely N-dealkylation sites (tertiary alicyclic amines) is 2. The van der Waals surface area contributed by atoms with E-state index in [0.29, 0.717) is 31.2 Å². The van der Waals surface area contributed by atoms with Crippen molar-refractivity contribution >= 4 is 27.5 Å². The zero-order valence-electron chi connectivity index (χ0n) is 16.4. The standard InChI is InChI=1S/C19H24ClN5O3S/c1-12(2)29(27,28)15-3-4-16(17(20)7-15)14-10-25(11-14)19(26)24-6-5-13(9-24)18-8-21-23-22-18/h3-4,7-8,12-14H,5-6,9-11H2,1-2H3,(H,21,22,23)/t13-/m0/s1. The molecule has 0 aliphatic carbocycles. The first-order valence-corrected chi connectivity index (χ1v) is 11.6. The average molecular weight is 438 g/mol. The molecule has 1 N–H and O–H groups in total. The van der Waals surface area contributed by atoms with E-state index in [4.69, 9.17) is 11.6 Å². The molecule has 1 atom stereocenters. The Labute approximate surface area is 175 Å². The summed E-state index contributed by atoms with van der Waals surface area (Å²) in [5.41, 5.74) is 1.85. The molecule has 8 nitrogen and oxygen atoms in total. The van der Waals surface area contributed by atoms with Gasteiger partial charge in [-0.1, -0.05) is 22.9 Å². The number of carbonyl (C=O) groups excluding carboxylic acids is 1. The van der Waals surface area contributed by atoms with Gasteiger partial charge in [-0.25, -0.2) is 13.2 Å². The highest BCUT2D eigenvalue weighted by Crippen LogP contribution is 2.35. The van der Waals surface area contributed by atoms with Gasteiger partial charge in [0.05, 0.1) is 22.0 Å². The first-order valence-electron chi connectivity index (χ1n) is 9.70. The topological polar surface area (TPSA) is 99.3 Å². The maximum Gasteiger partial charge on any atom is 0.320 e. The third-order valence-electron chi connectivity index (χ3n) is 5.85. The van der Waals surface area contributed by atoms with E-state index in [-0.39, 0.29) is 22.8 Å². The van der Waals surface area contributed by atoms with Gasteiger partial charge < -0.3 is 9.80 Å². The highest BCUT2D eigenvalue weighted by molar-refractivity contribution is 7.92. The van der Waals surface area contributed by atoms with Gasteiger partial charge in [-0.05, 0) is 38.0 Å². The first-order chi connectivity index (χ1) is 13.8. The van der Waals surface area contributed by atoms with Crippen molar-refractivity contribution in [3.05, 3.63) is 40.7 Å². The molecule has 2 saturated heterocycles. The van der Waals surface area contributed by atoms with Crippen molar-refractivity contribution in [3.63, 3.8) is 0 Å². The minimum atomic E-state index is -3.36. The molecule has 2 aromatic rings. The number of benzene rings is 1. The number of urea groups is 1. The molecule has 2 amide bonds. The Morgan fingerprint density at radius 1 is 1.21 bits per heavy atom. The molecule has 0 radical (unpaired) electrons. The van der Waals surface area contributed by atoms with Gasteiger partial charge in [-0.3, -0.25) is 5.10 Å². The summed E-state index contributed by atoms with van der Waals surface area (Å²) in [6.45, 7) is 5.85. The third-order valence-corrected chi connectivity index (χ3v) is 8.32. The number of sulfone groups is 1. The highest BCUT2D eigenvalue weighted by atomic mass is 35.5. The van der Waals surface area contributed by atoms with Crippen molar-refractivity contribution in [3.8, 4) is 0 Å².